The molecule has 0 saturated heterocycles. The highest BCUT2D eigenvalue weighted by Crippen LogP contribution is 2.51. The summed E-state index contributed by atoms with van der Waals surface area (Å²) in [7, 11) is 0. The third-order valence-corrected chi connectivity index (χ3v) is 6.15. The molecule has 2 heterocycles. The third-order valence-electron chi connectivity index (χ3n) is 3.74. The molecule has 0 radical (unpaired) electrons. The fraction of sp³-hybridized carbons (Fsp3) is 0.111. The first kappa shape index (κ1) is 12.2. The molecule has 20 heavy (non-hydrogen) atoms. The number of thiophene rings is 1. The Morgan fingerprint density at radius 3 is 2.30 bits per heavy atom. The summed E-state index contributed by atoms with van der Waals surface area (Å²) in [6, 6.07) is 21.6. The van der Waals surface area contributed by atoms with Crippen LogP contribution in [0.3, 0.4) is 0 Å². The second-order valence-electron chi connectivity index (χ2n) is 4.97. The van der Waals surface area contributed by atoms with Gasteiger partial charge in [-0.25, -0.2) is 0 Å². The van der Waals surface area contributed by atoms with Crippen LogP contribution in [0.4, 0.5) is 0 Å². The molecule has 3 aromatic rings. The van der Waals surface area contributed by atoms with Crippen molar-refractivity contribution in [1.29, 1.82) is 0 Å². The molecule has 1 unspecified atom stereocenters. The number of hydrogen-bond acceptors (Lipinski definition) is 2. The average molecular weight is 294 g/mol. The van der Waals surface area contributed by atoms with E-state index in [9.17, 15) is 0 Å². The van der Waals surface area contributed by atoms with Gasteiger partial charge in [-0.05, 0) is 27.6 Å². The molecular formula is C18H14S2. The average Bonchev–Trinajstić information content (AvgIpc) is 3.10. The minimum absolute atomic E-state index is 0.514. The predicted molar refractivity (Wildman–Crippen MR) is 89.3 cm³/mol. The Bertz CT molecular complexity index is 714. The van der Waals surface area contributed by atoms with Crippen LogP contribution in [0, 0.1) is 0 Å². The molecule has 1 aliphatic heterocycles. The molecule has 4 rings (SSSR count). The molecule has 2 heteroatoms. The van der Waals surface area contributed by atoms with E-state index < -0.39 is 0 Å². The second kappa shape index (κ2) is 5.12. The van der Waals surface area contributed by atoms with E-state index in [0.717, 1.165) is 5.75 Å². The molecule has 2 aromatic carbocycles. The van der Waals surface area contributed by atoms with Crippen LogP contribution in [-0.2, 0) is 5.75 Å². The van der Waals surface area contributed by atoms with Crippen molar-refractivity contribution in [3.63, 3.8) is 0 Å². The number of hydrogen-bond donors (Lipinski definition) is 0. The topological polar surface area (TPSA) is 0 Å². The highest BCUT2D eigenvalue weighted by Gasteiger charge is 2.28. The Hall–Kier alpha value is -1.51. The smallest absolute Gasteiger partial charge is 0.0561 e. The van der Waals surface area contributed by atoms with Gasteiger partial charge in [0.15, 0.2) is 0 Å². The first-order chi connectivity index (χ1) is 9.93. The number of thioether (sulfide) groups is 1. The molecule has 0 spiro atoms. The lowest BCUT2D eigenvalue weighted by molar-refractivity contribution is 1.18. The first-order valence-corrected chi connectivity index (χ1v) is 8.68. The van der Waals surface area contributed by atoms with Gasteiger partial charge in [0.2, 0.25) is 0 Å². The van der Waals surface area contributed by atoms with Crippen molar-refractivity contribution in [2.45, 2.75) is 11.0 Å². The summed E-state index contributed by atoms with van der Waals surface area (Å²) in [5.41, 5.74) is 5.84. The van der Waals surface area contributed by atoms with Gasteiger partial charge in [-0.1, -0.05) is 60.7 Å². The summed E-state index contributed by atoms with van der Waals surface area (Å²) in [6.07, 6.45) is 0. The standard InChI is InChI=1S/C18H14S2/c1-3-7-13(8-4-1)17-15-11-20-18(16(15)12-19-17)14-9-5-2-6-10-14/h1-11,17H,12H2. The molecule has 0 nitrogen and oxygen atoms in total. The van der Waals surface area contributed by atoms with Crippen LogP contribution in [-0.4, -0.2) is 0 Å². The van der Waals surface area contributed by atoms with Crippen molar-refractivity contribution in [2.24, 2.45) is 0 Å². The van der Waals surface area contributed by atoms with E-state index in [-0.39, 0.29) is 0 Å². The zero-order valence-electron chi connectivity index (χ0n) is 11.0. The van der Waals surface area contributed by atoms with E-state index in [0.29, 0.717) is 5.25 Å². The van der Waals surface area contributed by atoms with Crippen LogP contribution in [0.2, 0.25) is 0 Å². The molecule has 0 fully saturated rings. The van der Waals surface area contributed by atoms with E-state index in [2.05, 4.69) is 66.0 Å². The van der Waals surface area contributed by atoms with Gasteiger partial charge in [-0.2, -0.15) is 0 Å². The molecule has 1 aliphatic rings. The molecule has 1 atom stereocenters. The van der Waals surface area contributed by atoms with Crippen molar-refractivity contribution in [3.8, 4) is 10.4 Å². The lowest BCUT2D eigenvalue weighted by atomic mass is 10.0. The van der Waals surface area contributed by atoms with Gasteiger partial charge >= 0.3 is 0 Å². The van der Waals surface area contributed by atoms with E-state index in [1.165, 1.54) is 21.6 Å². The van der Waals surface area contributed by atoms with Crippen LogP contribution in [0.25, 0.3) is 10.4 Å². The Labute approximate surface area is 127 Å². The largest absolute Gasteiger partial charge is 0.144 e. The molecule has 0 aliphatic carbocycles. The Balaban J connectivity index is 1.77. The SMILES string of the molecule is c1ccc(-c2scc3c2CSC3c2ccccc2)cc1. The lowest BCUT2D eigenvalue weighted by Crippen LogP contribution is -1.90. The van der Waals surface area contributed by atoms with Gasteiger partial charge < -0.3 is 0 Å². The van der Waals surface area contributed by atoms with E-state index >= 15 is 0 Å². The van der Waals surface area contributed by atoms with Gasteiger partial charge in [0.05, 0.1) is 5.25 Å². The highest BCUT2D eigenvalue weighted by atomic mass is 32.2. The van der Waals surface area contributed by atoms with Gasteiger partial charge in [0, 0.05) is 10.6 Å². The fourth-order valence-electron chi connectivity index (χ4n) is 2.76. The van der Waals surface area contributed by atoms with Gasteiger partial charge in [-0.15, -0.1) is 23.1 Å². The van der Waals surface area contributed by atoms with Crippen molar-refractivity contribution in [1.82, 2.24) is 0 Å². The summed E-state index contributed by atoms with van der Waals surface area (Å²) >= 11 is 3.94. The third kappa shape index (κ3) is 2.00. The summed E-state index contributed by atoms with van der Waals surface area (Å²) < 4.78 is 0. The van der Waals surface area contributed by atoms with Crippen LogP contribution in [0.5, 0.6) is 0 Å². The molecule has 0 N–H and O–H groups in total. The molecule has 0 bridgehead atoms. The normalized spacial score (nSPS) is 17.1. The van der Waals surface area contributed by atoms with Crippen LogP contribution >= 0.6 is 23.1 Å². The number of fused-ring (bicyclic) bond motifs is 1. The summed E-state index contributed by atoms with van der Waals surface area (Å²) in [5.74, 6) is 1.13. The monoisotopic (exact) mass is 294 g/mol. The molecule has 0 amide bonds. The van der Waals surface area contributed by atoms with Gasteiger partial charge in [-0.3, -0.25) is 0 Å². The van der Waals surface area contributed by atoms with Crippen molar-refractivity contribution < 1.29 is 0 Å². The van der Waals surface area contributed by atoms with Crippen LogP contribution < -0.4 is 0 Å². The Kier molecular flexibility index (Phi) is 3.13. The predicted octanol–water partition coefficient (Wildman–Crippen LogP) is 5.75. The fourth-order valence-corrected chi connectivity index (χ4v) is 5.45. The quantitative estimate of drug-likeness (QED) is 0.580. The first-order valence-electron chi connectivity index (χ1n) is 6.76. The molecule has 1 aromatic heterocycles. The molecule has 98 valence electrons. The number of benzene rings is 2. The van der Waals surface area contributed by atoms with E-state index in [1.807, 2.05) is 23.1 Å². The maximum absolute atomic E-state index is 2.36. The minimum Gasteiger partial charge on any atom is -0.144 e. The van der Waals surface area contributed by atoms with Gasteiger partial charge in [0.1, 0.15) is 0 Å². The van der Waals surface area contributed by atoms with E-state index in [4.69, 9.17) is 0 Å². The van der Waals surface area contributed by atoms with Crippen LogP contribution in [0.1, 0.15) is 21.9 Å². The van der Waals surface area contributed by atoms with Crippen LogP contribution in [0.15, 0.2) is 66.0 Å². The highest BCUT2D eigenvalue weighted by molar-refractivity contribution is 7.99. The maximum atomic E-state index is 2.36. The minimum atomic E-state index is 0.514. The van der Waals surface area contributed by atoms with Crippen molar-refractivity contribution in [3.05, 3.63) is 82.7 Å². The number of rotatable bonds is 2. The second-order valence-corrected chi connectivity index (χ2v) is 6.94. The Morgan fingerprint density at radius 2 is 1.55 bits per heavy atom. The molecule has 0 saturated carbocycles. The Morgan fingerprint density at radius 1 is 0.850 bits per heavy atom. The maximum Gasteiger partial charge on any atom is 0.0561 e. The zero-order chi connectivity index (χ0) is 13.4. The van der Waals surface area contributed by atoms with Crippen molar-refractivity contribution >= 4 is 23.1 Å². The van der Waals surface area contributed by atoms with Gasteiger partial charge in [0.25, 0.3) is 0 Å². The summed E-state index contributed by atoms with van der Waals surface area (Å²) in [4.78, 5) is 1.45. The molecular weight excluding hydrogens is 280 g/mol. The van der Waals surface area contributed by atoms with E-state index in [1.54, 1.807) is 5.56 Å². The summed E-state index contributed by atoms with van der Waals surface area (Å²) in [6.45, 7) is 0. The van der Waals surface area contributed by atoms with Crippen molar-refractivity contribution in [2.75, 3.05) is 0 Å². The summed E-state index contributed by atoms with van der Waals surface area (Å²) in [5, 5.41) is 2.87. The lowest BCUT2D eigenvalue weighted by Gasteiger charge is -2.08. The zero-order valence-corrected chi connectivity index (χ0v) is 12.6.